The van der Waals surface area contributed by atoms with Crippen LogP contribution in [0, 0.1) is 23.7 Å². The summed E-state index contributed by atoms with van der Waals surface area (Å²) in [6.45, 7) is 8.04. The van der Waals surface area contributed by atoms with Gasteiger partial charge >= 0.3 is 0 Å². The normalized spacial score (nSPS) is 55.7. The summed E-state index contributed by atoms with van der Waals surface area (Å²) >= 11 is 0. The molecule has 4 bridgehead atoms. The molecule has 2 unspecified atom stereocenters. The Bertz CT molecular complexity index is 375. The summed E-state index contributed by atoms with van der Waals surface area (Å²) in [4.78, 5) is 11.6. The topological polar surface area (TPSA) is 27.7 Å². The van der Waals surface area contributed by atoms with E-state index in [4.69, 9.17) is 14.5 Å². The first-order chi connectivity index (χ1) is 9.08. The summed E-state index contributed by atoms with van der Waals surface area (Å²) in [6, 6.07) is 0. The fourth-order valence-electron chi connectivity index (χ4n) is 5.23. The maximum Gasteiger partial charge on any atom is 0.207 e. The van der Waals surface area contributed by atoms with E-state index in [1.807, 2.05) is 6.92 Å². The van der Waals surface area contributed by atoms with Crippen LogP contribution >= 0.6 is 0 Å². The van der Waals surface area contributed by atoms with Crippen LogP contribution in [-0.2, 0) is 14.5 Å². The highest BCUT2D eigenvalue weighted by molar-refractivity contribution is 5.07. The third kappa shape index (κ3) is 1.68. The molecule has 5 aliphatic rings. The molecule has 1 aliphatic heterocycles. The van der Waals surface area contributed by atoms with Gasteiger partial charge in [-0.05, 0) is 63.4 Å². The fourth-order valence-corrected chi connectivity index (χ4v) is 5.23. The van der Waals surface area contributed by atoms with E-state index in [0.29, 0.717) is 11.8 Å². The lowest BCUT2D eigenvalue weighted by Crippen LogP contribution is -2.64. The summed E-state index contributed by atoms with van der Waals surface area (Å²) < 4.78 is 6.42. The van der Waals surface area contributed by atoms with Crippen molar-refractivity contribution in [3.63, 3.8) is 0 Å². The molecular weight excluding hydrogens is 240 g/mol. The predicted octanol–water partition coefficient (Wildman–Crippen LogP) is 3.45. The lowest BCUT2D eigenvalue weighted by atomic mass is 9.53. The Balaban J connectivity index is 1.60. The number of hydrogen-bond acceptors (Lipinski definition) is 3. The fraction of sp³-hybridized carbons (Fsp3) is 0.875. The zero-order valence-electron chi connectivity index (χ0n) is 11.9. The molecule has 4 saturated carbocycles. The number of ether oxygens (including phenoxy) is 1. The molecule has 5 rings (SSSR count). The quantitative estimate of drug-likeness (QED) is 0.536. The van der Waals surface area contributed by atoms with Gasteiger partial charge in [0.2, 0.25) is 5.79 Å². The van der Waals surface area contributed by atoms with Crippen LogP contribution in [0.15, 0.2) is 12.2 Å². The van der Waals surface area contributed by atoms with Crippen LogP contribution in [0.2, 0.25) is 0 Å². The first-order valence-electron chi connectivity index (χ1n) is 7.76. The van der Waals surface area contributed by atoms with E-state index in [1.54, 1.807) is 0 Å². The van der Waals surface area contributed by atoms with Crippen LogP contribution < -0.4 is 0 Å². The first-order valence-corrected chi connectivity index (χ1v) is 7.76. The van der Waals surface area contributed by atoms with Crippen LogP contribution in [0.4, 0.5) is 0 Å². The predicted molar refractivity (Wildman–Crippen MR) is 71.1 cm³/mol. The Morgan fingerprint density at radius 3 is 2.11 bits per heavy atom. The second-order valence-electron chi connectivity index (χ2n) is 7.30. The van der Waals surface area contributed by atoms with Crippen molar-refractivity contribution in [2.24, 2.45) is 23.7 Å². The highest BCUT2D eigenvalue weighted by atomic mass is 17.2. The van der Waals surface area contributed by atoms with Gasteiger partial charge in [0.1, 0.15) is 6.10 Å². The van der Waals surface area contributed by atoms with Gasteiger partial charge in [-0.2, -0.15) is 4.89 Å². The molecule has 1 heterocycles. The highest BCUT2D eigenvalue weighted by Gasteiger charge is 2.62. The Morgan fingerprint density at radius 2 is 1.63 bits per heavy atom. The highest BCUT2D eigenvalue weighted by Crippen LogP contribution is 2.61. The van der Waals surface area contributed by atoms with Gasteiger partial charge in [0.25, 0.3) is 0 Å². The third-order valence-corrected chi connectivity index (χ3v) is 5.84. The lowest BCUT2D eigenvalue weighted by molar-refractivity contribution is -0.532. The smallest absolute Gasteiger partial charge is 0.207 e. The molecule has 106 valence electrons. The minimum absolute atomic E-state index is 0.0452. The lowest BCUT2D eigenvalue weighted by Gasteiger charge is -2.61. The van der Waals surface area contributed by atoms with Crippen LogP contribution in [-0.4, -0.2) is 18.0 Å². The van der Waals surface area contributed by atoms with Gasteiger partial charge in [-0.1, -0.05) is 6.58 Å². The van der Waals surface area contributed by atoms with E-state index in [2.05, 4.69) is 13.5 Å². The molecule has 0 radical (unpaired) electrons. The summed E-state index contributed by atoms with van der Waals surface area (Å²) in [6.07, 6.45) is 6.42. The molecule has 4 aliphatic carbocycles. The molecule has 3 heteroatoms. The van der Waals surface area contributed by atoms with E-state index in [1.165, 1.54) is 32.1 Å². The van der Waals surface area contributed by atoms with Gasteiger partial charge in [-0.25, -0.2) is 4.89 Å². The molecule has 0 N–H and O–H groups in total. The van der Waals surface area contributed by atoms with Crippen molar-refractivity contribution in [3.8, 4) is 0 Å². The Morgan fingerprint density at radius 1 is 1.05 bits per heavy atom. The molecule has 1 spiro atoms. The largest absolute Gasteiger partial charge is 0.341 e. The zero-order valence-corrected chi connectivity index (χ0v) is 11.9. The monoisotopic (exact) mass is 264 g/mol. The van der Waals surface area contributed by atoms with E-state index in [9.17, 15) is 0 Å². The maximum atomic E-state index is 6.42. The van der Waals surface area contributed by atoms with Gasteiger partial charge in [0.15, 0.2) is 0 Å². The standard InChI is InChI=1S/C16H24O3/c1-9(2)15-10(3)17-16(19-18-15)13-5-11-4-12(7-13)8-14(16)6-11/h10-15H,1,4-8H2,2-3H3. The number of rotatable bonds is 1. The number of hydrogen-bond donors (Lipinski definition) is 0. The van der Waals surface area contributed by atoms with Crippen molar-refractivity contribution in [1.82, 2.24) is 0 Å². The van der Waals surface area contributed by atoms with Gasteiger partial charge in [0, 0.05) is 11.8 Å². The maximum absolute atomic E-state index is 6.42. The molecule has 5 fully saturated rings. The Hall–Kier alpha value is -0.380. The van der Waals surface area contributed by atoms with Crippen molar-refractivity contribution in [2.75, 3.05) is 0 Å². The average molecular weight is 264 g/mol. The Kier molecular flexibility index (Phi) is 2.64. The van der Waals surface area contributed by atoms with E-state index >= 15 is 0 Å². The van der Waals surface area contributed by atoms with Crippen molar-refractivity contribution >= 4 is 0 Å². The van der Waals surface area contributed by atoms with Gasteiger partial charge < -0.3 is 4.74 Å². The molecule has 2 atom stereocenters. The second-order valence-corrected chi connectivity index (χ2v) is 7.30. The van der Waals surface area contributed by atoms with Gasteiger partial charge in [-0.15, -0.1) is 0 Å². The van der Waals surface area contributed by atoms with Crippen molar-refractivity contribution in [1.29, 1.82) is 0 Å². The molecule has 0 aromatic heterocycles. The first kappa shape index (κ1) is 12.4. The summed E-state index contributed by atoms with van der Waals surface area (Å²) in [5.74, 6) is 2.46. The SMILES string of the molecule is C=C(C)C1OOC2(OC1C)C1CC3CC(C1)CC2C3. The third-order valence-electron chi connectivity index (χ3n) is 5.84. The molecule has 19 heavy (non-hydrogen) atoms. The molecule has 0 amide bonds. The molecule has 1 saturated heterocycles. The second kappa shape index (κ2) is 4.06. The molecule has 0 aromatic carbocycles. The van der Waals surface area contributed by atoms with Crippen LogP contribution in [0.3, 0.4) is 0 Å². The Labute approximate surface area is 115 Å². The van der Waals surface area contributed by atoms with Crippen molar-refractivity contribution in [2.45, 2.75) is 63.9 Å². The van der Waals surface area contributed by atoms with E-state index in [-0.39, 0.29) is 12.2 Å². The van der Waals surface area contributed by atoms with E-state index < -0.39 is 5.79 Å². The molecule has 3 nitrogen and oxygen atoms in total. The van der Waals surface area contributed by atoms with Crippen molar-refractivity contribution < 1.29 is 14.5 Å². The summed E-state index contributed by atoms with van der Waals surface area (Å²) in [5, 5.41) is 0. The van der Waals surface area contributed by atoms with Crippen molar-refractivity contribution in [3.05, 3.63) is 12.2 Å². The van der Waals surface area contributed by atoms with Gasteiger partial charge in [-0.3, -0.25) is 0 Å². The van der Waals surface area contributed by atoms with E-state index in [0.717, 1.165) is 17.4 Å². The molecule has 0 aromatic rings. The van der Waals surface area contributed by atoms with Crippen LogP contribution in [0.5, 0.6) is 0 Å². The van der Waals surface area contributed by atoms with Crippen LogP contribution in [0.1, 0.15) is 46.0 Å². The minimum atomic E-state index is -0.446. The zero-order chi connectivity index (χ0) is 13.2. The molecular formula is C16H24O3. The average Bonchev–Trinajstić information content (AvgIpc) is 2.34. The van der Waals surface area contributed by atoms with Gasteiger partial charge in [0.05, 0.1) is 6.10 Å². The summed E-state index contributed by atoms with van der Waals surface area (Å²) in [7, 11) is 0. The summed E-state index contributed by atoms with van der Waals surface area (Å²) in [5.41, 5.74) is 0.978. The minimum Gasteiger partial charge on any atom is -0.341 e. The van der Waals surface area contributed by atoms with Crippen LogP contribution in [0.25, 0.3) is 0 Å².